The van der Waals surface area contributed by atoms with Gasteiger partial charge in [0.05, 0.1) is 6.10 Å². The molecule has 1 N–H and O–H groups in total. The second-order valence-corrected chi connectivity index (χ2v) is 5.54. The van der Waals surface area contributed by atoms with Crippen LogP contribution in [0.1, 0.15) is 35.6 Å². The lowest BCUT2D eigenvalue weighted by molar-refractivity contribution is 0.220. The van der Waals surface area contributed by atoms with Crippen LogP contribution in [-0.2, 0) is 0 Å². The molecule has 0 amide bonds. The van der Waals surface area contributed by atoms with E-state index in [4.69, 9.17) is 4.74 Å². The number of rotatable bonds is 4. The minimum atomic E-state index is -0.536. The SMILES string of the molecule is Cc1cscc1C(O)c1ccc(OC2CC2)cc1. The summed E-state index contributed by atoms with van der Waals surface area (Å²) in [5.41, 5.74) is 3.06. The second-order valence-electron chi connectivity index (χ2n) is 4.80. The number of benzene rings is 1. The zero-order valence-corrected chi connectivity index (χ0v) is 11.1. The number of aryl methyl sites for hydroxylation is 1. The van der Waals surface area contributed by atoms with Gasteiger partial charge in [0.15, 0.2) is 0 Å². The lowest BCUT2D eigenvalue weighted by Gasteiger charge is -2.12. The van der Waals surface area contributed by atoms with Crippen molar-refractivity contribution < 1.29 is 9.84 Å². The van der Waals surface area contributed by atoms with Gasteiger partial charge in [-0.25, -0.2) is 0 Å². The molecule has 0 saturated heterocycles. The van der Waals surface area contributed by atoms with Gasteiger partial charge < -0.3 is 9.84 Å². The van der Waals surface area contributed by atoms with Crippen molar-refractivity contribution in [2.24, 2.45) is 0 Å². The third-order valence-corrected chi connectivity index (χ3v) is 4.09. The maximum Gasteiger partial charge on any atom is 0.119 e. The number of aliphatic hydroxyl groups is 1. The summed E-state index contributed by atoms with van der Waals surface area (Å²) in [6.07, 6.45) is 2.21. The molecule has 1 saturated carbocycles. The Morgan fingerprint density at radius 1 is 1.22 bits per heavy atom. The molecule has 1 aliphatic rings. The van der Waals surface area contributed by atoms with Crippen LogP contribution in [0.2, 0.25) is 0 Å². The van der Waals surface area contributed by atoms with Crippen LogP contribution in [0.4, 0.5) is 0 Å². The molecular formula is C15H16O2S. The van der Waals surface area contributed by atoms with Crippen LogP contribution in [-0.4, -0.2) is 11.2 Å². The monoisotopic (exact) mass is 260 g/mol. The van der Waals surface area contributed by atoms with E-state index >= 15 is 0 Å². The Balaban J connectivity index is 1.77. The van der Waals surface area contributed by atoms with Gasteiger partial charge in [-0.3, -0.25) is 0 Å². The van der Waals surface area contributed by atoms with Gasteiger partial charge in [0.25, 0.3) is 0 Å². The van der Waals surface area contributed by atoms with E-state index in [0.29, 0.717) is 6.10 Å². The zero-order chi connectivity index (χ0) is 12.5. The largest absolute Gasteiger partial charge is 0.490 e. The molecule has 0 spiro atoms. The summed E-state index contributed by atoms with van der Waals surface area (Å²) >= 11 is 1.62. The molecular weight excluding hydrogens is 244 g/mol. The number of ether oxygens (including phenoxy) is 1. The predicted molar refractivity (Wildman–Crippen MR) is 73.2 cm³/mol. The zero-order valence-electron chi connectivity index (χ0n) is 10.3. The highest BCUT2D eigenvalue weighted by Gasteiger charge is 2.23. The smallest absolute Gasteiger partial charge is 0.119 e. The lowest BCUT2D eigenvalue weighted by atomic mass is 10.0. The highest BCUT2D eigenvalue weighted by atomic mass is 32.1. The molecule has 0 radical (unpaired) electrons. The Kier molecular flexibility index (Phi) is 3.10. The van der Waals surface area contributed by atoms with E-state index in [-0.39, 0.29) is 0 Å². The predicted octanol–water partition coefficient (Wildman–Crippen LogP) is 3.68. The Morgan fingerprint density at radius 2 is 1.94 bits per heavy atom. The molecule has 3 rings (SSSR count). The van der Waals surface area contributed by atoms with Crippen molar-refractivity contribution in [3.63, 3.8) is 0 Å². The fourth-order valence-corrected chi connectivity index (χ4v) is 2.81. The minimum absolute atomic E-state index is 0.417. The summed E-state index contributed by atoms with van der Waals surface area (Å²) in [4.78, 5) is 0. The summed E-state index contributed by atoms with van der Waals surface area (Å²) in [7, 11) is 0. The fraction of sp³-hybridized carbons (Fsp3) is 0.333. The average Bonchev–Trinajstić information content (AvgIpc) is 3.09. The van der Waals surface area contributed by atoms with Crippen LogP contribution in [0, 0.1) is 6.92 Å². The minimum Gasteiger partial charge on any atom is -0.490 e. The van der Waals surface area contributed by atoms with Crippen LogP contribution >= 0.6 is 11.3 Å². The van der Waals surface area contributed by atoms with Gasteiger partial charge >= 0.3 is 0 Å². The Hall–Kier alpha value is -1.32. The highest BCUT2D eigenvalue weighted by Crippen LogP contribution is 2.30. The first-order valence-electron chi connectivity index (χ1n) is 6.21. The first-order valence-corrected chi connectivity index (χ1v) is 7.15. The maximum absolute atomic E-state index is 10.3. The maximum atomic E-state index is 10.3. The molecule has 0 bridgehead atoms. The van der Waals surface area contributed by atoms with E-state index in [2.05, 4.69) is 5.38 Å². The third kappa shape index (κ3) is 2.42. The molecule has 1 unspecified atom stereocenters. The van der Waals surface area contributed by atoms with E-state index in [9.17, 15) is 5.11 Å². The Morgan fingerprint density at radius 3 is 2.50 bits per heavy atom. The first kappa shape index (κ1) is 11.8. The van der Waals surface area contributed by atoms with Gasteiger partial charge in [-0.1, -0.05) is 12.1 Å². The molecule has 1 atom stereocenters. The van der Waals surface area contributed by atoms with Crippen molar-refractivity contribution in [3.8, 4) is 5.75 Å². The molecule has 1 aromatic heterocycles. The summed E-state index contributed by atoms with van der Waals surface area (Å²) in [5.74, 6) is 0.899. The first-order chi connectivity index (χ1) is 8.74. The van der Waals surface area contributed by atoms with Crippen molar-refractivity contribution in [1.29, 1.82) is 0 Å². The van der Waals surface area contributed by atoms with Crippen molar-refractivity contribution in [3.05, 3.63) is 51.7 Å². The van der Waals surface area contributed by atoms with Crippen LogP contribution < -0.4 is 4.74 Å². The molecule has 2 nitrogen and oxygen atoms in total. The van der Waals surface area contributed by atoms with Gasteiger partial charge in [0.2, 0.25) is 0 Å². The van der Waals surface area contributed by atoms with E-state index in [1.54, 1.807) is 11.3 Å². The van der Waals surface area contributed by atoms with Crippen molar-refractivity contribution in [2.75, 3.05) is 0 Å². The average molecular weight is 260 g/mol. The topological polar surface area (TPSA) is 29.5 Å². The van der Waals surface area contributed by atoms with Gasteiger partial charge in [0.1, 0.15) is 11.9 Å². The number of aliphatic hydroxyl groups excluding tert-OH is 1. The quantitative estimate of drug-likeness (QED) is 0.908. The van der Waals surface area contributed by atoms with Crippen molar-refractivity contribution in [1.82, 2.24) is 0 Å². The van der Waals surface area contributed by atoms with Gasteiger partial charge in [0, 0.05) is 0 Å². The Labute approximate surface area is 111 Å². The summed E-state index contributed by atoms with van der Waals surface area (Å²) in [5, 5.41) is 14.4. The molecule has 3 heteroatoms. The molecule has 94 valence electrons. The molecule has 18 heavy (non-hydrogen) atoms. The summed E-state index contributed by atoms with van der Waals surface area (Å²) in [6, 6.07) is 7.77. The number of thiophene rings is 1. The standard InChI is InChI=1S/C15H16O2S/c1-10-8-18-9-14(10)15(16)11-2-4-12(5-3-11)17-13-6-7-13/h2-5,8-9,13,15-16H,6-7H2,1H3. The molecule has 1 heterocycles. The molecule has 1 aromatic carbocycles. The second kappa shape index (κ2) is 4.75. The van der Waals surface area contributed by atoms with Gasteiger partial charge in [-0.2, -0.15) is 11.3 Å². The number of hydrogen-bond donors (Lipinski definition) is 1. The van der Waals surface area contributed by atoms with Crippen LogP contribution in [0.5, 0.6) is 5.75 Å². The lowest BCUT2D eigenvalue weighted by Crippen LogP contribution is -2.00. The van der Waals surface area contributed by atoms with Crippen molar-refractivity contribution in [2.45, 2.75) is 32.0 Å². The van der Waals surface area contributed by atoms with Crippen LogP contribution in [0.15, 0.2) is 35.0 Å². The van der Waals surface area contributed by atoms with Crippen LogP contribution in [0.3, 0.4) is 0 Å². The molecule has 0 aliphatic heterocycles. The van der Waals surface area contributed by atoms with Crippen LogP contribution in [0.25, 0.3) is 0 Å². The molecule has 1 fully saturated rings. The Bertz CT molecular complexity index is 526. The number of hydrogen-bond acceptors (Lipinski definition) is 3. The summed E-state index contributed by atoms with van der Waals surface area (Å²) in [6.45, 7) is 2.03. The van der Waals surface area contributed by atoms with E-state index in [1.165, 1.54) is 12.8 Å². The van der Waals surface area contributed by atoms with E-state index in [1.807, 2.05) is 36.6 Å². The van der Waals surface area contributed by atoms with Crippen molar-refractivity contribution >= 4 is 11.3 Å². The summed E-state index contributed by atoms with van der Waals surface area (Å²) < 4.78 is 5.69. The highest BCUT2D eigenvalue weighted by molar-refractivity contribution is 7.08. The van der Waals surface area contributed by atoms with Gasteiger partial charge in [-0.15, -0.1) is 0 Å². The third-order valence-electron chi connectivity index (χ3n) is 3.21. The van der Waals surface area contributed by atoms with E-state index in [0.717, 1.165) is 22.4 Å². The molecule has 2 aromatic rings. The molecule has 1 aliphatic carbocycles. The van der Waals surface area contributed by atoms with Gasteiger partial charge in [-0.05, 0) is 59.3 Å². The normalized spacial score (nSPS) is 16.6. The fourth-order valence-electron chi connectivity index (χ4n) is 1.94. The van der Waals surface area contributed by atoms with E-state index < -0.39 is 6.10 Å².